The van der Waals surface area contributed by atoms with E-state index in [4.69, 9.17) is 5.11 Å². The molecule has 2 aliphatic heterocycles. The van der Waals surface area contributed by atoms with Gasteiger partial charge in [0.1, 0.15) is 0 Å². The predicted octanol–water partition coefficient (Wildman–Crippen LogP) is 0.880. The second-order valence-electron chi connectivity index (χ2n) is 4.38. The van der Waals surface area contributed by atoms with Crippen LogP contribution in [0.15, 0.2) is 24.5 Å². The Labute approximate surface area is 93.3 Å². The standard InChI is InChI=1S/C11H13N3O2/c15-11(16)13-5-8-6-14(10(8)7-13)9-2-1-3-12-4-9/h1-4,8,10H,5-7H2,(H,15,16). The highest BCUT2D eigenvalue weighted by Crippen LogP contribution is 2.35. The number of pyridine rings is 1. The zero-order valence-corrected chi connectivity index (χ0v) is 8.78. The van der Waals surface area contributed by atoms with Gasteiger partial charge >= 0.3 is 6.09 Å². The van der Waals surface area contributed by atoms with Crippen LogP contribution in [-0.4, -0.2) is 46.8 Å². The molecule has 3 heterocycles. The van der Waals surface area contributed by atoms with Gasteiger partial charge in [-0.25, -0.2) is 4.79 Å². The predicted molar refractivity (Wildman–Crippen MR) is 58.5 cm³/mol. The minimum atomic E-state index is -0.805. The Kier molecular flexibility index (Phi) is 1.99. The average Bonchev–Trinajstić information content (AvgIpc) is 2.59. The van der Waals surface area contributed by atoms with Gasteiger partial charge < -0.3 is 14.9 Å². The Balaban J connectivity index is 1.73. The van der Waals surface area contributed by atoms with Crippen molar-refractivity contribution in [2.45, 2.75) is 6.04 Å². The molecule has 5 heteroatoms. The average molecular weight is 219 g/mol. The summed E-state index contributed by atoms with van der Waals surface area (Å²) >= 11 is 0. The fourth-order valence-electron chi connectivity index (χ4n) is 2.61. The van der Waals surface area contributed by atoms with Crippen LogP contribution in [0.4, 0.5) is 10.5 Å². The van der Waals surface area contributed by atoms with Crippen LogP contribution in [0.2, 0.25) is 0 Å². The fraction of sp³-hybridized carbons (Fsp3) is 0.455. The summed E-state index contributed by atoms with van der Waals surface area (Å²) in [6.45, 7) is 2.24. The first kappa shape index (κ1) is 9.45. The number of rotatable bonds is 1. The summed E-state index contributed by atoms with van der Waals surface area (Å²) in [4.78, 5) is 18.7. The third-order valence-corrected chi connectivity index (χ3v) is 3.49. The minimum absolute atomic E-state index is 0.347. The summed E-state index contributed by atoms with van der Waals surface area (Å²) in [7, 11) is 0. The normalized spacial score (nSPS) is 27.5. The van der Waals surface area contributed by atoms with E-state index in [0.29, 0.717) is 25.0 Å². The third-order valence-electron chi connectivity index (χ3n) is 3.49. The molecule has 0 bridgehead atoms. The van der Waals surface area contributed by atoms with Crippen molar-refractivity contribution in [3.05, 3.63) is 24.5 Å². The lowest BCUT2D eigenvalue weighted by atomic mass is 9.91. The van der Waals surface area contributed by atoms with E-state index < -0.39 is 6.09 Å². The Morgan fingerprint density at radius 1 is 1.44 bits per heavy atom. The highest BCUT2D eigenvalue weighted by Gasteiger charge is 2.47. The highest BCUT2D eigenvalue weighted by molar-refractivity contribution is 5.66. The Bertz CT molecular complexity index is 409. The summed E-state index contributed by atoms with van der Waals surface area (Å²) in [5.41, 5.74) is 1.09. The van der Waals surface area contributed by atoms with Gasteiger partial charge in [0.2, 0.25) is 0 Å². The molecule has 84 valence electrons. The topological polar surface area (TPSA) is 56.7 Å². The van der Waals surface area contributed by atoms with Crippen molar-refractivity contribution < 1.29 is 9.90 Å². The van der Waals surface area contributed by atoms with E-state index in [9.17, 15) is 4.79 Å². The minimum Gasteiger partial charge on any atom is -0.465 e. The SMILES string of the molecule is O=C(O)N1CC2CN(c3cccnc3)C2C1. The molecule has 2 fully saturated rings. The van der Waals surface area contributed by atoms with E-state index >= 15 is 0 Å². The molecule has 1 N–H and O–H groups in total. The van der Waals surface area contributed by atoms with Crippen LogP contribution in [0.5, 0.6) is 0 Å². The molecular formula is C11H13N3O2. The van der Waals surface area contributed by atoms with Crippen LogP contribution in [0, 0.1) is 5.92 Å². The van der Waals surface area contributed by atoms with Crippen molar-refractivity contribution in [3.63, 3.8) is 0 Å². The molecule has 1 aromatic heterocycles. The highest BCUT2D eigenvalue weighted by atomic mass is 16.4. The summed E-state index contributed by atoms with van der Waals surface area (Å²) < 4.78 is 0. The van der Waals surface area contributed by atoms with Crippen LogP contribution in [0.3, 0.4) is 0 Å². The molecule has 0 aliphatic carbocycles. The van der Waals surface area contributed by atoms with Gasteiger partial charge in [-0.15, -0.1) is 0 Å². The van der Waals surface area contributed by atoms with Crippen LogP contribution in [-0.2, 0) is 0 Å². The number of hydrogen-bond acceptors (Lipinski definition) is 3. The van der Waals surface area contributed by atoms with Gasteiger partial charge in [-0.1, -0.05) is 0 Å². The van der Waals surface area contributed by atoms with Crippen LogP contribution in [0.25, 0.3) is 0 Å². The van der Waals surface area contributed by atoms with E-state index in [2.05, 4.69) is 9.88 Å². The quantitative estimate of drug-likeness (QED) is 0.761. The molecule has 1 amide bonds. The van der Waals surface area contributed by atoms with Crippen LogP contribution < -0.4 is 4.90 Å². The molecular weight excluding hydrogens is 206 g/mol. The maximum absolute atomic E-state index is 10.9. The number of amides is 1. The zero-order valence-electron chi connectivity index (χ0n) is 8.78. The van der Waals surface area contributed by atoms with Crippen molar-refractivity contribution in [1.82, 2.24) is 9.88 Å². The molecule has 0 spiro atoms. The first-order chi connectivity index (χ1) is 7.75. The van der Waals surface area contributed by atoms with Crippen molar-refractivity contribution in [2.75, 3.05) is 24.5 Å². The number of fused-ring (bicyclic) bond motifs is 1. The van der Waals surface area contributed by atoms with Crippen molar-refractivity contribution in [3.8, 4) is 0 Å². The first-order valence-electron chi connectivity index (χ1n) is 5.40. The number of aromatic nitrogens is 1. The molecule has 0 aromatic carbocycles. The largest absolute Gasteiger partial charge is 0.465 e. The number of hydrogen-bond donors (Lipinski definition) is 1. The van der Waals surface area contributed by atoms with Crippen LogP contribution >= 0.6 is 0 Å². The molecule has 0 saturated carbocycles. The van der Waals surface area contributed by atoms with Gasteiger partial charge in [0.25, 0.3) is 0 Å². The van der Waals surface area contributed by atoms with Crippen molar-refractivity contribution in [2.24, 2.45) is 5.92 Å². The lowest BCUT2D eigenvalue weighted by molar-refractivity contribution is 0.155. The van der Waals surface area contributed by atoms with Crippen LogP contribution in [0.1, 0.15) is 0 Å². The summed E-state index contributed by atoms with van der Waals surface area (Å²) in [6.07, 6.45) is 2.78. The van der Waals surface area contributed by atoms with E-state index in [1.807, 2.05) is 18.3 Å². The van der Waals surface area contributed by atoms with Crippen molar-refractivity contribution >= 4 is 11.8 Å². The number of nitrogens with zero attached hydrogens (tertiary/aromatic N) is 3. The molecule has 3 rings (SSSR count). The molecule has 2 unspecified atom stereocenters. The fourth-order valence-corrected chi connectivity index (χ4v) is 2.61. The summed E-state index contributed by atoms with van der Waals surface area (Å²) in [5, 5.41) is 8.93. The smallest absolute Gasteiger partial charge is 0.407 e. The first-order valence-corrected chi connectivity index (χ1v) is 5.40. The number of likely N-dealkylation sites (tertiary alicyclic amines) is 1. The molecule has 2 saturated heterocycles. The second kappa shape index (κ2) is 3.37. The van der Waals surface area contributed by atoms with Gasteiger partial charge in [0.15, 0.2) is 0 Å². The lowest BCUT2D eigenvalue weighted by Crippen LogP contribution is -2.55. The number of anilines is 1. The van der Waals surface area contributed by atoms with E-state index in [1.165, 1.54) is 4.90 Å². The Hall–Kier alpha value is -1.78. The van der Waals surface area contributed by atoms with E-state index in [1.54, 1.807) is 6.20 Å². The Morgan fingerprint density at radius 3 is 3.00 bits per heavy atom. The molecule has 1 aromatic rings. The molecule has 2 aliphatic rings. The zero-order chi connectivity index (χ0) is 11.1. The molecule has 2 atom stereocenters. The van der Waals surface area contributed by atoms with Gasteiger partial charge in [-0.3, -0.25) is 4.98 Å². The third kappa shape index (κ3) is 1.31. The van der Waals surface area contributed by atoms with Gasteiger partial charge in [0.05, 0.1) is 17.9 Å². The molecule has 16 heavy (non-hydrogen) atoms. The summed E-state index contributed by atoms with van der Waals surface area (Å²) in [5.74, 6) is 0.497. The lowest BCUT2D eigenvalue weighted by Gasteiger charge is -2.44. The molecule has 0 radical (unpaired) electrons. The Morgan fingerprint density at radius 2 is 2.31 bits per heavy atom. The van der Waals surface area contributed by atoms with E-state index in [-0.39, 0.29) is 0 Å². The molecule has 5 nitrogen and oxygen atoms in total. The number of carbonyl (C=O) groups is 1. The van der Waals surface area contributed by atoms with Gasteiger partial charge in [0, 0.05) is 31.7 Å². The number of carboxylic acid groups (broad SMARTS) is 1. The second-order valence-corrected chi connectivity index (χ2v) is 4.38. The van der Waals surface area contributed by atoms with Gasteiger partial charge in [-0.05, 0) is 12.1 Å². The van der Waals surface area contributed by atoms with Gasteiger partial charge in [-0.2, -0.15) is 0 Å². The summed E-state index contributed by atoms with van der Waals surface area (Å²) in [6, 6.07) is 4.28. The van der Waals surface area contributed by atoms with Crippen molar-refractivity contribution in [1.29, 1.82) is 0 Å². The maximum Gasteiger partial charge on any atom is 0.407 e. The van der Waals surface area contributed by atoms with E-state index in [0.717, 1.165) is 12.2 Å². The monoisotopic (exact) mass is 219 g/mol. The maximum atomic E-state index is 10.9.